The molecule has 30 heavy (non-hydrogen) atoms. The zero-order chi connectivity index (χ0) is 22.1. The first kappa shape index (κ1) is 21.7. The van der Waals surface area contributed by atoms with E-state index in [9.17, 15) is 26.7 Å². The molecule has 1 amide bonds. The normalized spacial score (nSPS) is 13.4. The Hall–Kier alpha value is -3.04. The zero-order valence-corrected chi connectivity index (χ0v) is 16.2. The molecule has 0 aliphatic heterocycles. The van der Waals surface area contributed by atoms with E-state index in [1.165, 1.54) is 36.7 Å². The van der Waals surface area contributed by atoms with Crippen molar-refractivity contribution in [2.45, 2.75) is 45.0 Å². The van der Waals surface area contributed by atoms with E-state index in [1.807, 2.05) is 0 Å². The highest BCUT2D eigenvalue weighted by Crippen LogP contribution is 2.27. The minimum absolute atomic E-state index is 0.00827. The van der Waals surface area contributed by atoms with Crippen molar-refractivity contribution in [1.82, 2.24) is 20.1 Å². The molecule has 1 atom stereocenters. The van der Waals surface area contributed by atoms with Crippen LogP contribution < -0.4 is 5.32 Å². The first-order valence-electron chi connectivity index (χ1n) is 9.07. The molecule has 0 aliphatic carbocycles. The maximum atomic E-state index is 13.3. The van der Waals surface area contributed by atoms with Crippen molar-refractivity contribution < 1.29 is 26.7 Å². The number of nitrogens with one attached hydrogen (secondary N) is 1. The molecule has 0 fully saturated rings. The van der Waals surface area contributed by atoms with Crippen molar-refractivity contribution in [2.24, 2.45) is 0 Å². The Labute approximate surface area is 168 Å². The number of carbonyl (C=O) groups excluding carboxylic acids is 1. The lowest BCUT2D eigenvalue weighted by molar-refractivity contribution is -0.141. The van der Waals surface area contributed by atoms with Crippen LogP contribution in [0.2, 0.25) is 0 Å². The van der Waals surface area contributed by atoms with E-state index in [4.69, 9.17) is 0 Å². The number of benzene rings is 1. The number of hydrogen-bond donors (Lipinski definition) is 1. The van der Waals surface area contributed by atoms with Gasteiger partial charge in [-0.15, -0.1) is 0 Å². The summed E-state index contributed by atoms with van der Waals surface area (Å²) < 4.78 is 65.1. The number of carbonyl (C=O) groups is 1. The van der Waals surface area contributed by atoms with Gasteiger partial charge in [-0.3, -0.25) is 14.5 Å². The molecule has 2 heterocycles. The molecule has 1 aromatic carbocycles. The number of hydrogen-bond acceptors (Lipinski definition) is 3. The van der Waals surface area contributed by atoms with E-state index in [-0.39, 0.29) is 23.4 Å². The van der Waals surface area contributed by atoms with Crippen LogP contribution in [0.25, 0.3) is 10.9 Å². The van der Waals surface area contributed by atoms with Crippen LogP contribution in [0.3, 0.4) is 0 Å². The highest BCUT2D eigenvalue weighted by molar-refractivity contribution is 5.80. The molecule has 0 spiro atoms. The number of alkyl halides is 5. The van der Waals surface area contributed by atoms with E-state index >= 15 is 0 Å². The Morgan fingerprint density at radius 1 is 1.13 bits per heavy atom. The molecule has 0 unspecified atom stereocenters. The second-order valence-electron chi connectivity index (χ2n) is 7.14. The summed E-state index contributed by atoms with van der Waals surface area (Å²) in [7, 11) is 0. The second-order valence-corrected chi connectivity index (χ2v) is 7.14. The van der Waals surface area contributed by atoms with Crippen LogP contribution in [-0.4, -0.2) is 26.8 Å². The van der Waals surface area contributed by atoms with Gasteiger partial charge in [0.25, 0.3) is 5.92 Å². The Kier molecular flexibility index (Phi) is 5.78. The van der Waals surface area contributed by atoms with Gasteiger partial charge in [-0.2, -0.15) is 18.3 Å². The fraction of sp³-hybridized carbons (Fsp3) is 0.350. The minimum atomic E-state index is -4.40. The van der Waals surface area contributed by atoms with Crippen molar-refractivity contribution in [3.63, 3.8) is 0 Å². The van der Waals surface area contributed by atoms with Gasteiger partial charge in [0.2, 0.25) is 5.91 Å². The first-order chi connectivity index (χ1) is 13.9. The van der Waals surface area contributed by atoms with Crippen LogP contribution >= 0.6 is 0 Å². The first-order valence-corrected chi connectivity index (χ1v) is 9.07. The van der Waals surface area contributed by atoms with Gasteiger partial charge in [0, 0.05) is 17.9 Å². The molecular formula is C20H19F5N4O. The fourth-order valence-electron chi connectivity index (χ4n) is 2.99. The third-order valence-corrected chi connectivity index (χ3v) is 4.53. The molecule has 5 nitrogen and oxygen atoms in total. The van der Waals surface area contributed by atoms with E-state index in [2.05, 4.69) is 15.4 Å². The highest BCUT2D eigenvalue weighted by Gasteiger charge is 2.29. The van der Waals surface area contributed by atoms with Crippen molar-refractivity contribution in [2.75, 3.05) is 0 Å². The van der Waals surface area contributed by atoms with Gasteiger partial charge >= 0.3 is 6.18 Å². The van der Waals surface area contributed by atoms with Crippen LogP contribution in [0.1, 0.15) is 36.7 Å². The van der Waals surface area contributed by atoms with Crippen LogP contribution in [0.4, 0.5) is 22.0 Å². The molecule has 3 rings (SSSR count). The monoisotopic (exact) mass is 426 g/mol. The standard InChI is InChI=1S/C20H19F5N4O/c1-12(28-18(30)7-13-3-5-15(6-4-13)19(2,21)22)16-8-14-9-27-29(11-20(23,24)25)17(14)10-26-16/h3-6,8-10,12H,7,11H2,1-2H3,(H,28,30)/t12-/m1/s1. The summed E-state index contributed by atoms with van der Waals surface area (Å²) in [5, 5.41) is 6.95. The van der Waals surface area contributed by atoms with Gasteiger partial charge in [0.15, 0.2) is 0 Å². The van der Waals surface area contributed by atoms with E-state index in [1.54, 1.807) is 13.0 Å². The number of nitrogens with zero attached hydrogens (tertiary/aromatic N) is 3. The lowest BCUT2D eigenvalue weighted by Crippen LogP contribution is -2.28. The number of aromatic nitrogens is 3. The fourth-order valence-corrected chi connectivity index (χ4v) is 2.99. The summed E-state index contributed by atoms with van der Waals surface area (Å²) in [6.07, 6.45) is -1.81. The third-order valence-electron chi connectivity index (χ3n) is 4.53. The molecule has 1 N–H and O–H groups in total. The molecular weight excluding hydrogens is 407 g/mol. The molecule has 10 heteroatoms. The van der Waals surface area contributed by atoms with Gasteiger partial charge in [-0.05, 0) is 18.6 Å². The van der Waals surface area contributed by atoms with Gasteiger partial charge in [-0.1, -0.05) is 24.3 Å². The molecule has 2 aromatic heterocycles. The largest absolute Gasteiger partial charge is 0.408 e. The van der Waals surface area contributed by atoms with Crippen molar-refractivity contribution >= 4 is 16.8 Å². The molecule has 0 aliphatic rings. The third kappa shape index (κ3) is 5.31. The highest BCUT2D eigenvalue weighted by atomic mass is 19.4. The lowest BCUT2D eigenvalue weighted by atomic mass is 10.1. The summed E-state index contributed by atoms with van der Waals surface area (Å²) in [5.74, 6) is -3.29. The molecule has 0 saturated heterocycles. The zero-order valence-electron chi connectivity index (χ0n) is 16.2. The number of rotatable bonds is 6. The van der Waals surface area contributed by atoms with E-state index < -0.39 is 24.7 Å². The van der Waals surface area contributed by atoms with Gasteiger partial charge in [0.1, 0.15) is 6.54 Å². The molecule has 0 saturated carbocycles. The van der Waals surface area contributed by atoms with E-state index in [0.29, 0.717) is 16.6 Å². The number of halogens is 5. The molecule has 0 bridgehead atoms. The number of amides is 1. The Balaban J connectivity index is 1.65. The molecule has 160 valence electrons. The van der Waals surface area contributed by atoms with Crippen molar-refractivity contribution in [3.05, 3.63) is 59.5 Å². The Bertz CT molecular complexity index is 1040. The van der Waals surface area contributed by atoms with Gasteiger partial charge in [0.05, 0.1) is 36.1 Å². The predicted octanol–water partition coefficient (Wildman–Crippen LogP) is 4.53. The molecule has 3 aromatic rings. The predicted molar refractivity (Wildman–Crippen MR) is 99.9 cm³/mol. The SMILES string of the molecule is C[C@@H](NC(=O)Cc1ccc(C(C)(F)F)cc1)c1cc2cnn(CC(F)(F)F)c2cn1. The van der Waals surface area contributed by atoms with Crippen molar-refractivity contribution in [3.8, 4) is 0 Å². The summed E-state index contributed by atoms with van der Waals surface area (Å²) >= 11 is 0. The van der Waals surface area contributed by atoms with Gasteiger partial charge < -0.3 is 5.32 Å². The minimum Gasteiger partial charge on any atom is -0.348 e. The average molecular weight is 426 g/mol. The summed E-state index contributed by atoms with van der Waals surface area (Å²) in [5.41, 5.74) is 1.14. The molecule has 0 radical (unpaired) electrons. The average Bonchev–Trinajstić information content (AvgIpc) is 3.01. The van der Waals surface area contributed by atoms with Crippen LogP contribution in [0, 0.1) is 0 Å². The maximum absolute atomic E-state index is 13.3. The maximum Gasteiger partial charge on any atom is 0.408 e. The lowest BCUT2D eigenvalue weighted by Gasteiger charge is -2.15. The number of fused-ring (bicyclic) bond motifs is 1. The summed E-state index contributed by atoms with van der Waals surface area (Å²) in [4.78, 5) is 16.4. The Morgan fingerprint density at radius 3 is 2.40 bits per heavy atom. The van der Waals surface area contributed by atoms with Crippen LogP contribution in [0.5, 0.6) is 0 Å². The second kappa shape index (κ2) is 8.00. The summed E-state index contributed by atoms with van der Waals surface area (Å²) in [6, 6.07) is 6.55. The number of pyridine rings is 1. The van der Waals surface area contributed by atoms with Crippen molar-refractivity contribution in [1.29, 1.82) is 0 Å². The van der Waals surface area contributed by atoms with Crippen LogP contribution in [0.15, 0.2) is 42.7 Å². The van der Waals surface area contributed by atoms with Gasteiger partial charge in [-0.25, -0.2) is 8.78 Å². The summed E-state index contributed by atoms with van der Waals surface area (Å²) in [6.45, 7) is 1.27. The topological polar surface area (TPSA) is 59.8 Å². The quantitative estimate of drug-likeness (QED) is 0.590. The van der Waals surface area contributed by atoms with Crippen LogP contribution in [-0.2, 0) is 23.7 Å². The van der Waals surface area contributed by atoms with E-state index in [0.717, 1.165) is 11.6 Å². The Morgan fingerprint density at radius 2 is 1.80 bits per heavy atom. The smallest absolute Gasteiger partial charge is 0.348 e.